The zero-order chi connectivity index (χ0) is 26.1. The van der Waals surface area contributed by atoms with Crippen LogP contribution in [0.1, 0.15) is 102 Å². The highest BCUT2D eigenvalue weighted by Crippen LogP contribution is 2.27. The zero-order valence-corrected chi connectivity index (χ0v) is 23.5. The number of para-hydroxylation sites is 1. The smallest absolute Gasteiger partial charge is 0.212 e. The van der Waals surface area contributed by atoms with Crippen LogP contribution in [0.4, 0.5) is 0 Å². The van der Waals surface area contributed by atoms with Crippen LogP contribution in [-0.2, 0) is 7.05 Å². The van der Waals surface area contributed by atoms with Gasteiger partial charge in [0.25, 0.3) is 0 Å². The van der Waals surface area contributed by atoms with E-state index < -0.39 is 0 Å². The van der Waals surface area contributed by atoms with Crippen LogP contribution in [0.15, 0.2) is 54.6 Å². The lowest BCUT2D eigenvalue weighted by molar-refractivity contribution is -0.646. The summed E-state index contributed by atoms with van der Waals surface area (Å²) in [7, 11) is 2.12. The van der Waals surface area contributed by atoms with Crippen LogP contribution in [-0.4, -0.2) is 13.2 Å². The Balaban J connectivity index is 1.65. The fourth-order valence-electron chi connectivity index (χ4n) is 4.71. The number of benzene rings is 2. The molecular formula is C34H48NO2+. The van der Waals surface area contributed by atoms with Crippen molar-refractivity contribution in [3.05, 3.63) is 65.9 Å². The topological polar surface area (TPSA) is 22.3 Å². The summed E-state index contributed by atoms with van der Waals surface area (Å²) in [6.45, 7) is 6.04. The molecule has 2 aromatic carbocycles. The predicted octanol–water partition coefficient (Wildman–Crippen LogP) is 9.31. The number of nitrogens with zero attached hydrogens (tertiary/aromatic N) is 1. The molecule has 0 unspecified atom stereocenters. The molecule has 0 radical (unpaired) electrons. The lowest BCUT2D eigenvalue weighted by Crippen LogP contribution is -2.32. The first-order valence-electron chi connectivity index (χ1n) is 14.7. The normalized spacial score (nSPS) is 11.4. The van der Waals surface area contributed by atoms with E-state index in [4.69, 9.17) is 9.47 Å². The lowest BCUT2D eigenvalue weighted by atomic mass is 10.1. The number of unbranched alkanes of at least 4 members (excludes halogenated alkanes) is 10. The van der Waals surface area contributed by atoms with Gasteiger partial charge in [0.1, 0.15) is 18.5 Å². The summed E-state index contributed by atoms with van der Waals surface area (Å²) in [6.07, 6.45) is 19.5. The number of aryl methyl sites for hydroxylation is 1. The van der Waals surface area contributed by atoms with E-state index in [1.807, 2.05) is 0 Å². The van der Waals surface area contributed by atoms with Gasteiger partial charge in [0.2, 0.25) is 11.2 Å². The van der Waals surface area contributed by atoms with Crippen molar-refractivity contribution in [2.75, 3.05) is 13.2 Å². The largest absolute Gasteiger partial charge is 0.493 e. The molecule has 3 nitrogen and oxygen atoms in total. The maximum atomic E-state index is 6.31. The minimum absolute atomic E-state index is 0.748. The van der Waals surface area contributed by atoms with Crippen LogP contribution >= 0.6 is 0 Å². The van der Waals surface area contributed by atoms with E-state index in [0.29, 0.717) is 0 Å². The van der Waals surface area contributed by atoms with Crippen molar-refractivity contribution in [1.82, 2.24) is 0 Å². The summed E-state index contributed by atoms with van der Waals surface area (Å²) in [4.78, 5) is 0. The Bertz CT molecular complexity index is 1090. The fraction of sp³-hybridized carbons (Fsp3) is 0.500. The Labute approximate surface area is 225 Å². The van der Waals surface area contributed by atoms with Gasteiger partial charge in [-0.15, -0.1) is 0 Å². The zero-order valence-electron chi connectivity index (χ0n) is 23.5. The van der Waals surface area contributed by atoms with Crippen LogP contribution in [0.2, 0.25) is 0 Å². The van der Waals surface area contributed by atoms with Gasteiger partial charge in [-0.3, -0.25) is 0 Å². The predicted molar refractivity (Wildman–Crippen MR) is 158 cm³/mol. The van der Waals surface area contributed by atoms with E-state index >= 15 is 0 Å². The highest BCUT2D eigenvalue weighted by atomic mass is 16.5. The van der Waals surface area contributed by atoms with Gasteiger partial charge in [-0.25, -0.2) is 0 Å². The number of pyridine rings is 1. The van der Waals surface area contributed by atoms with Crippen molar-refractivity contribution in [1.29, 1.82) is 0 Å². The fourth-order valence-corrected chi connectivity index (χ4v) is 4.71. The van der Waals surface area contributed by atoms with E-state index in [1.54, 1.807) is 0 Å². The average Bonchev–Trinajstić information content (AvgIpc) is 2.92. The Kier molecular flexibility index (Phi) is 13.1. The van der Waals surface area contributed by atoms with E-state index in [9.17, 15) is 0 Å². The minimum atomic E-state index is 0.748. The van der Waals surface area contributed by atoms with Crippen molar-refractivity contribution in [3.8, 4) is 11.5 Å². The summed E-state index contributed by atoms with van der Waals surface area (Å²) in [5.41, 5.74) is 3.47. The van der Waals surface area contributed by atoms with Crippen molar-refractivity contribution >= 4 is 23.1 Å². The summed E-state index contributed by atoms with van der Waals surface area (Å²) in [5, 5.41) is 1.25. The number of hydrogen-bond donors (Lipinski definition) is 0. The highest BCUT2D eigenvalue weighted by Gasteiger charge is 2.10. The molecule has 0 bridgehead atoms. The number of fused-ring (bicyclic) bond motifs is 1. The van der Waals surface area contributed by atoms with Crippen LogP contribution in [0.25, 0.3) is 23.1 Å². The quantitative estimate of drug-likeness (QED) is 0.128. The van der Waals surface area contributed by atoms with Gasteiger partial charge in [-0.1, -0.05) is 90.2 Å². The number of hydrogen-bond acceptors (Lipinski definition) is 2. The standard InChI is InChI=1S/C34H48NO2/c1-4-6-8-10-12-16-26-36-32-25-22-30(34(28-32)37-27-17-13-11-9-7-5-2)21-24-31-23-20-29-18-14-15-19-33(29)35(31)3/h14-15,18-25,28H,4-13,16-17,26-27H2,1-3H3/q+1. The molecule has 37 heavy (non-hydrogen) atoms. The van der Waals surface area contributed by atoms with Gasteiger partial charge >= 0.3 is 0 Å². The maximum absolute atomic E-state index is 6.31. The summed E-state index contributed by atoms with van der Waals surface area (Å²) >= 11 is 0. The molecule has 1 heterocycles. The van der Waals surface area contributed by atoms with Crippen LogP contribution in [0.3, 0.4) is 0 Å². The van der Waals surface area contributed by atoms with Gasteiger partial charge in [-0.2, -0.15) is 4.57 Å². The second-order valence-electron chi connectivity index (χ2n) is 10.1. The van der Waals surface area contributed by atoms with E-state index in [1.165, 1.54) is 75.1 Å². The molecule has 3 heteroatoms. The molecular weight excluding hydrogens is 454 g/mol. The first-order valence-corrected chi connectivity index (χ1v) is 14.7. The average molecular weight is 503 g/mol. The second kappa shape index (κ2) is 16.8. The third-order valence-corrected chi connectivity index (χ3v) is 7.06. The molecule has 200 valence electrons. The van der Waals surface area contributed by atoms with Crippen LogP contribution in [0.5, 0.6) is 11.5 Å². The maximum Gasteiger partial charge on any atom is 0.212 e. The monoisotopic (exact) mass is 502 g/mol. The van der Waals surface area contributed by atoms with Gasteiger partial charge in [0.15, 0.2) is 0 Å². The minimum Gasteiger partial charge on any atom is -0.493 e. The molecule has 3 aromatic rings. The van der Waals surface area contributed by atoms with Gasteiger partial charge < -0.3 is 9.47 Å². The highest BCUT2D eigenvalue weighted by molar-refractivity contribution is 5.77. The SMILES string of the molecule is CCCCCCCCOc1ccc(C=Cc2ccc3ccccc3[n+]2C)c(OCCCCCCCC)c1. The third kappa shape index (κ3) is 9.87. The molecule has 1 aromatic heterocycles. The van der Waals surface area contributed by atoms with Crippen molar-refractivity contribution in [3.63, 3.8) is 0 Å². The number of ether oxygens (including phenoxy) is 2. The van der Waals surface area contributed by atoms with Crippen molar-refractivity contribution in [2.45, 2.75) is 90.9 Å². The molecule has 0 aliphatic rings. The van der Waals surface area contributed by atoms with Crippen LogP contribution in [0, 0.1) is 0 Å². The Morgan fingerprint density at radius 1 is 0.649 bits per heavy atom. The molecule has 0 fully saturated rings. The first-order chi connectivity index (χ1) is 18.2. The lowest BCUT2D eigenvalue weighted by Gasteiger charge is -2.13. The van der Waals surface area contributed by atoms with Gasteiger partial charge in [0.05, 0.1) is 13.2 Å². The van der Waals surface area contributed by atoms with Crippen molar-refractivity contribution in [2.24, 2.45) is 7.05 Å². The Hall–Kier alpha value is -2.81. The van der Waals surface area contributed by atoms with Gasteiger partial charge in [0, 0.05) is 35.2 Å². The molecule has 0 spiro atoms. The molecule has 0 N–H and O–H groups in total. The van der Waals surface area contributed by atoms with Crippen LogP contribution < -0.4 is 14.0 Å². The molecule has 0 aliphatic heterocycles. The number of rotatable bonds is 18. The summed E-state index contributed by atoms with van der Waals surface area (Å²) < 4.78 is 14.6. The van der Waals surface area contributed by atoms with E-state index in [-0.39, 0.29) is 0 Å². The summed E-state index contributed by atoms with van der Waals surface area (Å²) in [5.74, 6) is 1.81. The van der Waals surface area contributed by atoms with Gasteiger partial charge in [-0.05, 0) is 43.2 Å². The Morgan fingerprint density at radius 2 is 1.30 bits per heavy atom. The second-order valence-corrected chi connectivity index (χ2v) is 10.1. The molecule has 0 atom stereocenters. The molecule has 0 aliphatic carbocycles. The van der Waals surface area contributed by atoms with E-state index in [2.05, 4.69) is 92.2 Å². The van der Waals surface area contributed by atoms with E-state index in [0.717, 1.165) is 48.8 Å². The molecule has 0 saturated carbocycles. The van der Waals surface area contributed by atoms with Crippen molar-refractivity contribution < 1.29 is 14.0 Å². The summed E-state index contributed by atoms with van der Waals surface area (Å²) in [6, 6.07) is 19.1. The third-order valence-electron chi connectivity index (χ3n) is 7.06. The molecule has 0 amide bonds. The molecule has 0 saturated heterocycles. The number of aromatic nitrogens is 1. The molecule has 3 rings (SSSR count). The Morgan fingerprint density at radius 3 is 2.03 bits per heavy atom. The first kappa shape index (κ1) is 28.8.